The van der Waals surface area contributed by atoms with Crippen molar-refractivity contribution in [1.82, 2.24) is 4.90 Å². The number of nitrogens with zero attached hydrogens (tertiary/aromatic N) is 1. The summed E-state index contributed by atoms with van der Waals surface area (Å²) in [6.45, 7) is 1.73. The molecule has 0 aromatic carbocycles. The molecule has 2 bridgehead atoms. The molecule has 3 nitrogen and oxygen atoms in total. The van der Waals surface area contributed by atoms with Crippen LogP contribution in [-0.4, -0.2) is 42.3 Å². The maximum atomic E-state index is 5.93. The summed E-state index contributed by atoms with van der Waals surface area (Å²) in [7, 11) is 0. The molecule has 2 saturated heterocycles. The average Bonchev–Trinajstić information content (AvgIpc) is 2.80. The van der Waals surface area contributed by atoms with Gasteiger partial charge in [0.1, 0.15) is 0 Å². The van der Waals surface area contributed by atoms with Crippen LogP contribution in [0.3, 0.4) is 0 Å². The largest absolute Gasteiger partial charge is 0.375 e. The molecule has 2 N–H and O–H groups in total. The number of fused-ring (bicyclic) bond motifs is 2. The number of rotatable bonds is 2. The second-order valence-electron chi connectivity index (χ2n) is 5.66. The van der Waals surface area contributed by atoms with E-state index in [1.807, 2.05) is 0 Å². The van der Waals surface area contributed by atoms with Crippen molar-refractivity contribution < 1.29 is 4.74 Å². The molecule has 0 amide bonds. The highest BCUT2D eigenvalue weighted by Crippen LogP contribution is 2.37. The summed E-state index contributed by atoms with van der Waals surface area (Å²) in [5.41, 5.74) is 5.93. The average molecular weight is 224 g/mol. The van der Waals surface area contributed by atoms with Crippen molar-refractivity contribution in [2.24, 2.45) is 5.73 Å². The monoisotopic (exact) mass is 224 g/mol. The fourth-order valence-corrected chi connectivity index (χ4v) is 3.98. The number of likely N-dealkylation sites (tertiary alicyclic amines) is 1. The molecule has 1 saturated carbocycles. The van der Waals surface area contributed by atoms with Gasteiger partial charge in [-0.15, -0.1) is 0 Å². The zero-order valence-electron chi connectivity index (χ0n) is 10.1. The van der Waals surface area contributed by atoms with Gasteiger partial charge in [0.05, 0.1) is 12.7 Å². The highest BCUT2D eigenvalue weighted by molar-refractivity contribution is 5.02. The lowest BCUT2D eigenvalue weighted by atomic mass is 10.0. The molecular formula is C13H24N2O. The Morgan fingerprint density at radius 2 is 1.81 bits per heavy atom. The molecule has 92 valence electrons. The minimum absolute atomic E-state index is 0.443. The van der Waals surface area contributed by atoms with Crippen LogP contribution in [0.25, 0.3) is 0 Å². The van der Waals surface area contributed by atoms with Crippen LogP contribution in [0.4, 0.5) is 0 Å². The van der Waals surface area contributed by atoms with Gasteiger partial charge in [-0.05, 0) is 19.3 Å². The van der Waals surface area contributed by atoms with E-state index in [1.54, 1.807) is 0 Å². The van der Waals surface area contributed by atoms with E-state index in [0.717, 1.165) is 19.2 Å². The predicted octanol–water partition coefficient (Wildman–Crippen LogP) is 1.51. The number of hydrogen-bond donors (Lipinski definition) is 1. The molecule has 16 heavy (non-hydrogen) atoms. The van der Waals surface area contributed by atoms with E-state index in [2.05, 4.69) is 4.90 Å². The Labute approximate surface area is 98.3 Å². The Bertz CT molecular complexity index is 238. The number of nitrogens with two attached hydrogens (primary N) is 1. The quantitative estimate of drug-likeness (QED) is 0.723. The summed E-state index contributed by atoms with van der Waals surface area (Å²) in [4.78, 5) is 2.74. The first kappa shape index (κ1) is 11.0. The predicted molar refractivity (Wildman–Crippen MR) is 64.3 cm³/mol. The molecule has 3 aliphatic rings. The van der Waals surface area contributed by atoms with Gasteiger partial charge in [0.25, 0.3) is 0 Å². The lowest BCUT2D eigenvalue weighted by Crippen LogP contribution is -2.53. The topological polar surface area (TPSA) is 38.5 Å². The second kappa shape index (κ2) is 4.63. The summed E-state index contributed by atoms with van der Waals surface area (Å²) in [5.74, 6) is 0. The normalized spacial score (nSPS) is 41.4. The first-order chi connectivity index (χ1) is 7.90. The fourth-order valence-electron chi connectivity index (χ4n) is 3.98. The van der Waals surface area contributed by atoms with Gasteiger partial charge in [-0.1, -0.05) is 25.7 Å². The molecule has 0 aromatic heterocycles. The standard InChI is InChI=1S/C13H24N2O/c14-8-12-13-7-11(9-16-13)15(12)10-5-3-1-2-4-6-10/h10-13H,1-9,14H2. The van der Waals surface area contributed by atoms with Crippen LogP contribution in [0.1, 0.15) is 44.9 Å². The second-order valence-corrected chi connectivity index (χ2v) is 5.66. The van der Waals surface area contributed by atoms with Gasteiger partial charge >= 0.3 is 0 Å². The minimum Gasteiger partial charge on any atom is -0.375 e. The van der Waals surface area contributed by atoms with E-state index >= 15 is 0 Å². The van der Waals surface area contributed by atoms with Crippen LogP contribution in [0.5, 0.6) is 0 Å². The maximum absolute atomic E-state index is 5.93. The lowest BCUT2D eigenvalue weighted by Gasteiger charge is -2.40. The summed E-state index contributed by atoms with van der Waals surface area (Å²) in [6, 6.07) is 2.00. The van der Waals surface area contributed by atoms with Gasteiger partial charge in [0.15, 0.2) is 0 Å². The first-order valence-corrected chi connectivity index (χ1v) is 6.99. The highest BCUT2D eigenvalue weighted by Gasteiger charge is 2.48. The molecule has 2 aliphatic heterocycles. The van der Waals surface area contributed by atoms with Crippen molar-refractivity contribution in [1.29, 1.82) is 0 Å². The molecule has 3 heteroatoms. The Morgan fingerprint density at radius 3 is 2.50 bits per heavy atom. The van der Waals surface area contributed by atoms with E-state index in [0.29, 0.717) is 18.2 Å². The minimum atomic E-state index is 0.443. The third-order valence-corrected chi connectivity index (χ3v) is 4.73. The van der Waals surface area contributed by atoms with Gasteiger partial charge < -0.3 is 10.5 Å². The number of ether oxygens (including phenoxy) is 1. The molecule has 3 rings (SSSR count). The summed E-state index contributed by atoms with van der Waals surface area (Å²) >= 11 is 0. The van der Waals surface area contributed by atoms with Gasteiger partial charge in [0, 0.05) is 24.7 Å². The van der Waals surface area contributed by atoms with E-state index in [9.17, 15) is 0 Å². The molecule has 2 heterocycles. The third-order valence-electron chi connectivity index (χ3n) is 4.73. The first-order valence-electron chi connectivity index (χ1n) is 6.99. The Morgan fingerprint density at radius 1 is 1.06 bits per heavy atom. The van der Waals surface area contributed by atoms with Crippen LogP contribution in [0.15, 0.2) is 0 Å². The van der Waals surface area contributed by atoms with Crippen molar-refractivity contribution in [3.8, 4) is 0 Å². The zero-order chi connectivity index (χ0) is 11.0. The van der Waals surface area contributed by atoms with Crippen molar-refractivity contribution in [3.05, 3.63) is 0 Å². The van der Waals surface area contributed by atoms with Crippen molar-refractivity contribution >= 4 is 0 Å². The molecular weight excluding hydrogens is 200 g/mol. The van der Waals surface area contributed by atoms with E-state index in [4.69, 9.17) is 10.5 Å². The van der Waals surface area contributed by atoms with E-state index in [-0.39, 0.29) is 0 Å². The van der Waals surface area contributed by atoms with Crippen LogP contribution in [0, 0.1) is 0 Å². The van der Waals surface area contributed by atoms with Crippen LogP contribution >= 0.6 is 0 Å². The van der Waals surface area contributed by atoms with Crippen LogP contribution in [0.2, 0.25) is 0 Å². The number of hydrogen-bond acceptors (Lipinski definition) is 3. The Hall–Kier alpha value is -0.120. The summed E-state index contributed by atoms with van der Waals surface area (Å²) < 4.78 is 5.79. The molecule has 1 aliphatic carbocycles. The molecule has 0 spiro atoms. The molecule has 3 fully saturated rings. The lowest BCUT2D eigenvalue weighted by molar-refractivity contribution is -0.0335. The van der Waals surface area contributed by atoms with Crippen LogP contribution < -0.4 is 5.73 Å². The maximum Gasteiger partial charge on any atom is 0.0759 e. The molecule has 3 atom stereocenters. The van der Waals surface area contributed by atoms with E-state index < -0.39 is 0 Å². The fraction of sp³-hybridized carbons (Fsp3) is 1.00. The van der Waals surface area contributed by atoms with Crippen molar-refractivity contribution in [3.63, 3.8) is 0 Å². The van der Waals surface area contributed by atoms with Gasteiger partial charge in [-0.25, -0.2) is 0 Å². The smallest absolute Gasteiger partial charge is 0.0759 e. The van der Waals surface area contributed by atoms with Gasteiger partial charge in [0.2, 0.25) is 0 Å². The Kier molecular flexibility index (Phi) is 3.18. The van der Waals surface area contributed by atoms with Crippen molar-refractivity contribution in [2.45, 2.75) is 69.2 Å². The molecule has 0 radical (unpaired) electrons. The molecule has 3 unspecified atom stereocenters. The van der Waals surface area contributed by atoms with E-state index in [1.165, 1.54) is 44.9 Å². The van der Waals surface area contributed by atoms with Gasteiger partial charge in [-0.3, -0.25) is 4.90 Å². The summed E-state index contributed by atoms with van der Waals surface area (Å²) in [5, 5.41) is 0. The summed E-state index contributed by atoms with van der Waals surface area (Å²) in [6.07, 6.45) is 10.1. The zero-order valence-corrected chi connectivity index (χ0v) is 10.1. The number of morpholine rings is 1. The highest BCUT2D eigenvalue weighted by atomic mass is 16.5. The van der Waals surface area contributed by atoms with Gasteiger partial charge in [-0.2, -0.15) is 0 Å². The van der Waals surface area contributed by atoms with Crippen LogP contribution in [-0.2, 0) is 4.74 Å². The molecule has 0 aromatic rings. The third kappa shape index (κ3) is 1.79. The van der Waals surface area contributed by atoms with Crippen molar-refractivity contribution in [2.75, 3.05) is 13.2 Å². The Balaban J connectivity index is 1.71. The SMILES string of the molecule is NCC1C2CC(CO2)N1C1CCCCCC1.